The third-order valence-electron chi connectivity index (χ3n) is 2.52. The summed E-state index contributed by atoms with van der Waals surface area (Å²) in [5.41, 5.74) is 0.895. The topological polar surface area (TPSA) is 23.1 Å². The van der Waals surface area contributed by atoms with Crippen LogP contribution in [0.4, 0.5) is 0 Å². The van der Waals surface area contributed by atoms with Crippen LogP contribution in [0.1, 0.15) is 25.0 Å². The zero-order valence-electron chi connectivity index (χ0n) is 9.23. The van der Waals surface area contributed by atoms with Gasteiger partial charge in [-0.1, -0.05) is 61.4 Å². The summed E-state index contributed by atoms with van der Waals surface area (Å²) in [6.45, 7) is 1.92. The molecule has 0 heterocycles. The summed E-state index contributed by atoms with van der Waals surface area (Å²) in [5.74, 6) is 0. The minimum atomic E-state index is -0.584. The van der Waals surface area contributed by atoms with Crippen molar-refractivity contribution in [3.8, 4) is 0 Å². The molecule has 0 saturated carbocycles. The molecule has 15 heavy (non-hydrogen) atoms. The second kappa shape index (κ2) is 5.37. The van der Waals surface area contributed by atoms with Crippen LogP contribution >= 0.6 is 0 Å². The monoisotopic (exact) mass is 192 g/mol. The van der Waals surface area contributed by atoms with Crippen LogP contribution in [-0.4, -0.2) is 0 Å². The van der Waals surface area contributed by atoms with Crippen LogP contribution in [0.15, 0.2) is 42.5 Å². The molecule has 2 aromatic rings. The molecule has 0 aliphatic carbocycles. The second-order valence-corrected chi connectivity index (χ2v) is 3.50. The first-order chi connectivity index (χ1) is 6.81. The Kier molecular flexibility index (Phi) is 4.41. The number of benzene rings is 2. The molecule has 0 radical (unpaired) electrons. The normalized spacial score (nSPS) is 12.1. The molecule has 2 aromatic carbocycles. The van der Waals surface area contributed by atoms with E-state index < -0.39 is 6.10 Å². The Morgan fingerprint density at radius 2 is 1.73 bits per heavy atom. The van der Waals surface area contributed by atoms with Gasteiger partial charge >= 0.3 is 18.9 Å². The van der Waals surface area contributed by atoms with E-state index in [0.29, 0.717) is 6.42 Å². The quantitative estimate of drug-likeness (QED) is 0.597. The molecule has 0 aromatic heterocycles. The van der Waals surface area contributed by atoms with E-state index >= 15 is 0 Å². The molecule has 0 spiro atoms. The van der Waals surface area contributed by atoms with E-state index in [0.717, 1.165) is 10.9 Å². The number of hydrogen-bond donors (Lipinski definition) is 0. The van der Waals surface area contributed by atoms with Crippen LogP contribution in [0.25, 0.3) is 10.8 Å². The van der Waals surface area contributed by atoms with Crippen LogP contribution in [0.3, 0.4) is 0 Å². The smallest absolute Gasteiger partial charge is 0.849 e. The van der Waals surface area contributed by atoms with Gasteiger partial charge in [-0.25, -0.2) is 0 Å². The van der Waals surface area contributed by atoms with Crippen molar-refractivity contribution in [2.24, 2.45) is 0 Å². The van der Waals surface area contributed by atoms with Crippen molar-refractivity contribution in [1.29, 1.82) is 0 Å². The second-order valence-electron chi connectivity index (χ2n) is 3.50. The molecule has 2 heteroatoms. The molecule has 1 atom stereocenters. The average molecular weight is 192 g/mol. The molecular weight excluding hydrogens is 179 g/mol. The molecule has 0 N–H and O–H groups in total. The number of rotatable bonds is 2. The SMILES string of the molecule is CC[C@H]([O-])c1ccc2ccccc2c1.[Li+]. The van der Waals surface area contributed by atoms with E-state index in [1.165, 1.54) is 5.39 Å². The Balaban J connectivity index is 0.00000112. The van der Waals surface area contributed by atoms with Gasteiger partial charge in [-0.05, 0) is 10.8 Å². The number of hydrogen-bond acceptors (Lipinski definition) is 1. The summed E-state index contributed by atoms with van der Waals surface area (Å²) in [6.07, 6.45) is 0.0674. The predicted octanol–water partition coefficient (Wildman–Crippen LogP) is -0.345. The molecule has 2 rings (SSSR count). The number of fused-ring (bicyclic) bond motifs is 1. The van der Waals surface area contributed by atoms with Crippen molar-refractivity contribution in [3.63, 3.8) is 0 Å². The molecular formula is C13H13LiO. The fourth-order valence-electron chi connectivity index (χ4n) is 1.64. The van der Waals surface area contributed by atoms with E-state index in [-0.39, 0.29) is 18.9 Å². The van der Waals surface area contributed by atoms with E-state index in [4.69, 9.17) is 0 Å². The predicted molar refractivity (Wildman–Crippen MR) is 57.0 cm³/mol. The fraction of sp³-hybridized carbons (Fsp3) is 0.231. The van der Waals surface area contributed by atoms with Crippen LogP contribution < -0.4 is 24.0 Å². The maximum atomic E-state index is 11.5. The van der Waals surface area contributed by atoms with Crippen molar-refractivity contribution in [1.82, 2.24) is 0 Å². The van der Waals surface area contributed by atoms with Crippen LogP contribution in [-0.2, 0) is 0 Å². The Labute approximate surface area is 102 Å². The van der Waals surface area contributed by atoms with Crippen molar-refractivity contribution in [3.05, 3.63) is 48.0 Å². The van der Waals surface area contributed by atoms with Crippen molar-refractivity contribution >= 4 is 10.8 Å². The minimum absolute atomic E-state index is 0. The molecule has 1 nitrogen and oxygen atoms in total. The van der Waals surface area contributed by atoms with Gasteiger partial charge in [-0.2, -0.15) is 0 Å². The Morgan fingerprint density at radius 3 is 2.40 bits per heavy atom. The zero-order chi connectivity index (χ0) is 9.97. The molecule has 0 aliphatic heterocycles. The molecule has 0 aliphatic rings. The van der Waals surface area contributed by atoms with Gasteiger partial charge in [-0.15, -0.1) is 6.10 Å². The summed E-state index contributed by atoms with van der Waals surface area (Å²) in [4.78, 5) is 0. The first-order valence-corrected chi connectivity index (χ1v) is 4.96. The first kappa shape index (κ1) is 12.3. The molecule has 0 saturated heterocycles. The average Bonchev–Trinajstić information content (AvgIpc) is 2.27. The van der Waals surface area contributed by atoms with Gasteiger partial charge in [0.2, 0.25) is 0 Å². The summed E-state index contributed by atoms with van der Waals surface area (Å²) in [6, 6.07) is 14.1. The minimum Gasteiger partial charge on any atom is -0.849 e. The molecule has 0 amide bonds. The molecule has 72 valence electrons. The van der Waals surface area contributed by atoms with Crippen molar-refractivity contribution in [2.75, 3.05) is 0 Å². The maximum absolute atomic E-state index is 11.5. The first-order valence-electron chi connectivity index (χ1n) is 4.96. The third-order valence-corrected chi connectivity index (χ3v) is 2.52. The van der Waals surface area contributed by atoms with E-state index in [1.807, 2.05) is 43.3 Å². The standard InChI is InChI=1S/C13H13O.Li/c1-2-13(14)12-8-7-10-5-3-4-6-11(10)9-12;/h3-9,13H,2H2,1H3;/q-1;+1/t13-;/m0./s1. The molecule has 0 unspecified atom stereocenters. The fourth-order valence-corrected chi connectivity index (χ4v) is 1.64. The van der Waals surface area contributed by atoms with Crippen molar-refractivity contribution in [2.45, 2.75) is 19.4 Å². The van der Waals surface area contributed by atoms with Gasteiger partial charge < -0.3 is 5.11 Å². The van der Waals surface area contributed by atoms with Gasteiger partial charge in [0.25, 0.3) is 0 Å². The van der Waals surface area contributed by atoms with Crippen LogP contribution in [0, 0.1) is 0 Å². The summed E-state index contributed by atoms with van der Waals surface area (Å²) >= 11 is 0. The van der Waals surface area contributed by atoms with E-state index in [2.05, 4.69) is 6.07 Å². The maximum Gasteiger partial charge on any atom is 1.00 e. The van der Waals surface area contributed by atoms with Crippen LogP contribution in [0.2, 0.25) is 0 Å². The van der Waals surface area contributed by atoms with Gasteiger partial charge in [0, 0.05) is 0 Å². The van der Waals surface area contributed by atoms with Gasteiger partial charge in [0.05, 0.1) is 0 Å². The van der Waals surface area contributed by atoms with E-state index in [1.54, 1.807) is 0 Å². The summed E-state index contributed by atoms with van der Waals surface area (Å²) in [5, 5.41) is 13.9. The zero-order valence-corrected chi connectivity index (χ0v) is 9.23. The van der Waals surface area contributed by atoms with Gasteiger partial charge in [0.1, 0.15) is 0 Å². The van der Waals surface area contributed by atoms with Gasteiger partial charge in [-0.3, -0.25) is 0 Å². The third kappa shape index (κ3) is 2.63. The summed E-state index contributed by atoms with van der Waals surface area (Å²) in [7, 11) is 0. The van der Waals surface area contributed by atoms with E-state index in [9.17, 15) is 5.11 Å². The Hall–Kier alpha value is -0.743. The Morgan fingerprint density at radius 1 is 1.07 bits per heavy atom. The molecule has 0 bridgehead atoms. The summed E-state index contributed by atoms with van der Waals surface area (Å²) < 4.78 is 0. The largest absolute Gasteiger partial charge is 1.00 e. The van der Waals surface area contributed by atoms with Gasteiger partial charge in [0.15, 0.2) is 0 Å². The van der Waals surface area contributed by atoms with Crippen LogP contribution in [0.5, 0.6) is 0 Å². The van der Waals surface area contributed by atoms with Crippen molar-refractivity contribution < 1.29 is 24.0 Å². The molecule has 0 fully saturated rings. The Bertz CT molecular complexity index is 439.